The molecule has 0 amide bonds. The second kappa shape index (κ2) is 5.37. The normalized spacial score (nSPS) is 10.3. The van der Waals surface area contributed by atoms with Gasteiger partial charge in [0.15, 0.2) is 0 Å². The van der Waals surface area contributed by atoms with Crippen molar-refractivity contribution >= 4 is 15.9 Å². The van der Waals surface area contributed by atoms with E-state index in [-0.39, 0.29) is 0 Å². The molecule has 0 aliphatic carbocycles. The van der Waals surface area contributed by atoms with Crippen LogP contribution >= 0.6 is 15.9 Å². The number of aryl methyl sites for hydroxylation is 2. The molecule has 0 N–H and O–H groups in total. The minimum absolute atomic E-state index is 0.602. The molecular weight excluding hydrogens is 276 g/mol. The van der Waals surface area contributed by atoms with Gasteiger partial charge >= 0.3 is 0 Å². The summed E-state index contributed by atoms with van der Waals surface area (Å²) in [5, 5.41) is 0. The Bertz CT molecular complexity index is 500. The molecule has 0 saturated heterocycles. The summed E-state index contributed by atoms with van der Waals surface area (Å²) < 4.78 is 6.78. The van der Waals surface area contributed by atoms with E-state index < -0.39 is 0 Å². The van der Waals surface area contributed by atoms with Crippen molar-refractivity contribution in [3.05, 3.63) is 63.6 Å². The molecule has 0 spiro atoms. The molecule has 2 rings (SSSR count). The van der Waals surface area contributed by atoms with Gasteiger partial charge in [-0.1, -0.05) is 41.5 Å². The van der Waals surface area contributed by atoms with Crippen molar-refractivity contribution in [2.24, 2.45) is 0 Å². The first kappa shape index (κ1) is 12.2. The second-order valence-electron chi connectivity index (χ2n) is 4.22. The summed E-state index contributed by atoms with van der Waals surface area (Å²) in [6.07, 6.45) is 0. The van der Waals surface area contributed by atoms with Crippen LogP contribution in [0.3, 0.4) is 0 Å². The molecule has 1 nitrogen and oxygen atoms in total. The molecular formula is C15H15BrO. The fourth-order valence-electron chi connectivity index (χ4n) is 1.88. The maximum absolute atomic E-state index is 5.79. The summed E-state index contributed by atoms with van der Waals surface area (Å²) in [7, 11) is 0. The molecule has 17 heavy (non-hydrogen) atoms. The van der Waals surface area contributed by atoms with Crippen LogP contribution in [0.25, 0.3) is 0 Å². The summed E-state index contributed by atoms with van der Waals surface area (Å²) >= 11 is 3.47. The number of halogens is 1. The summed E-state index contributed by atoms with van der Waals surface area (Å²) in [5.74, 6) is 0.881. The highest BCUT2D eigenvalue weighted by molar-refractivity contribution is 9.10. The molecule has 0 aliphatic rings. The lowest BCUT2D eigenvalue weighted by Gasteiger charge is -2.09. The standard InChI is InChI=1S/C15H15BrO/c1-11-7-12(2)9-13(8-11)10-17-15-6-4-3-5-14(15)16/h3-9H,10H2,1-2H3. The van der Waals surface area contributed by atoms with Gasteiger partial charge < -0.3 is 4.74 Å². The van der Waals surface area contributed by atoms with Crippen LogP contribution in [-0.2, 0) is 6.61 Å². The Morgan fingerprint density at radius 3 is 2.29 bits per heavy atom. The Kier molecular flexibility index (Phi) is 3.85. The first-order valence-corrected chi connectivity index (χ1v) is 6.39. The van der Waals surface area contributed by atoms with Crippen LogP contribution in [0.5, 0.6) is 5.75 Å². The summed E-state index contributed by atoms with van der Waals surface area (Å²) in [6, 6.07) is 14.4. The number of para-hydroxylation sites is 1. The van der Waals surface area contributed by atoms with Crippen LogP contribution in [0.2, 0.25) is 0 Å². The Labute approximate surface area is 111 Å². The van der Waals surface area contributed by atoms with E-state index in [0.717, 1.165) is 10.2 Å². The number of hydrogen-bond acceptors (Lipinski definition) is 1. The highest BCUT2D eigenvalue weighted by Crippen LogP contribution is 2.24. The zero-order valence-electron chi connectivity index (χ0n) is 10.0. The predicted octanol–water partition coefficient (Wildman–Crippen LogP) is 4.64. The largest absolute Gasteiger partial charge is 0.488 e. The minimum Gasteiger partial charge on any atom is -0.488 e. The van der Waals surface area contributed by atoms with Crippen molar-refractivity contribution < 1.29 is 4.74 Å². The van der Waals surface area contributed by atoms with Crippen LogP contribution in [0.15, 0.2) is 46.9 Å². The Morgan fingerprint density at radius 1 is 1.00 bits per heavy atom. The highest BCUT2D eigenvalue weighted by Gasteiger charge is 2.01. The second-order valence-corrected chi connectivity index (χ2v) is 5.07. The van der Waals surface area contributed by atoms with Gasteiger partial charge in [-0.25, -0.2) is 0 Å². The Morgan fingerprint density at radius 2 is 1.65 bits per heavy atom. The van der Waals surface area contributed by atoms with Crippen LogP contribution in [0, 0.1) is 13.8 Å². The van der Waals surface area contributed by atoms with E-state index in [2.05, 4.69) is 48.0 Å². The van der Waals surface area contributed by atoms with Crippen molar-refractivity contribution in [3.63, 3.8) is 0 Å². The molecule has 0 unspecified atom stereocenters. The first-order valence-electron chi connectivity index (χ1n) is 5.59. The molecule has 0 atom stereocenters. The van der Waals surface area contributed by atoms with E-state index in [1.807, 2.05) is 24.3 Å². The Hall–Kier alpha value is -1.28. The van der Waals surface area contributed by atoms with Gasteiger partial charge in [0.05, 0.1) is 4.47 Å². The maximum Gasteiger partial charge on any atom is 0.133 e. The van der Waals surface area contributed by atoms with E-state index in [9.17, 15) is 0 Å². The average molecular weight is 291 g/mol. The molecule has 0 radical (unpaired) electrons. The molecule has 0 aromatic heterocycles. The topological polar surface area (TPSA) is 9.23 Å². The predicted molar refractivity (Wildman–Crippen MR) is 74.4 cm³/mol. The lowest BCUT2D eigenvalue weighted by molar-refractivity contribution is 0.304. The number of rotatable bonds is 3. The third-order valence-corrected chi connectivity index (χ3v) is 3.17. The van der Waals surface area contributed by atoms with E-state index in [1.54, 1.807) is 0 Å². The van der Waals surface area contributed by atoms with E-state index >= 15 is 0 Å². The van der Waals surface area contributed by atoms with Crippen molar-refractivity contribution in [2.75, 3.05) is 0 Å². The van der Waals surface area contributed by atoms with Crippen molar-refractivity contribution in [1.29, 1.82) is 0 Å². The molecule has 2 heteroatoms. The van der Waals surface area contributed by atoms with Gasteiger partial charge in [0.1, 0.15) is 12.4 Å². The Balaban J connectivity index is 2.10. The SMILES string of the molecule is Cc1cc(C)cc(COc2ccccc2Br)c1. The third kappa shape index (κ3) is 3.34. The molecule has 0 fully saturated rings. The van der Waals surface area contributed by atoms with Gasteiger partial charge in [0.2, 0.25) is 0 Å². The van der Waals surface area contributed by atoms with Crippen LogP contribution in [0.1, 0.15) is 16.7 Å². The fourth-order valence-corrected chi connectivity index (χ4v) is 2.27. The molecule has 0 heterocycles. The lowest BCUT2D eigenvalue weighted by Crippen LogP contribution is -1.97. The highest BCUT2D eigenvalue weighted by atomic mass is 79.9. The van der Waals surface area contributed by atoms with Crippen LogP contribution in [-0.4, -0.2) is 0 Å². The van der Waals surface area contributed by atoms with Crippen LogP contribution < -0.4 is 4.74 Å². The van der Waals surface area contributed by atoms with Gasteiger partial charge in [-0.3, -0.25) is 0 Å². The van der Waals surface area contributed by atoms with Gasteiger partial charge in [0.25, 0.3) is 0 Å². The molecule has 2 aromatic rings. The number of hydrogen-bond donors (Lipinski definition) is 0. The number of ether oxygens (including phenoxy) is 1. The fraction of sp³-hybridized carbons (Fsp3) is 0.200. The van der Waals surface area contributed by atoms with Crippen LogP contribution in [0.4, 0.5) is 0 Å². The quantitative estimate of drug-likeness (QED) is 0.800. The van der Waals surface area contributed by atoms with Crippen molar-refractivity contribution in [1.82, 2.24) is 0 Å². The summed E-state index contributed by atoms with van der Waals surface area (Å²) in [5.41, 5.74) is 3.75. The third-order valence-electron chi connectivity index (χ3n) is 2.51. The summed E-state index contributed by atoms with van der Waals surface area (Å²) in [4.78, 5) is 0. The van der Waals surface area contributed by atoms with Gasteiger partial charge in [-0.2, -0.15) is 0 Å². The van der Waals surface area contributed by atoms with E-state index in [1.165, 1.54) is 16.7 Å². The van der Waals surface area contributed by atoms with Gasteiger partial charge in [-0.05, 0) is 47.5 Å². The zero-order chi connectivity index (χ0) is 12.3. The van der Waals surface area contributed by atoms with E-state index in [4.69, 9.17) is 4.74 Å². The van der Waals surface area contributed by atoms with Gasteiger partial charge in [-0.15, -0.1) is 0 Å². The maximum atomic E-state index is 5.79. The van der Waals surface area contributed by atoms with Crippen molar-refractivity contribution in [2.45, 2.75) is 20.5 Å². The number of benzene rings is 2. The molecule has 88 valence electrons. The monoisotopic (exact) mass is 290 g/mol. The average Bonchev–Trinajstić information content (AvgIpc) is 2.27. The molecule has 2 aromatic carbocycles. The lowest BCUT2D eigenvalue weighted by atomic mass is 10.1. The molecule has 0 bridgehead atoms. The zero-order valence-corrected chi connectivity index (χ0v) is 11.6. The summed E-state index contributed by atoms with van der Waals surface area (Å²) in [6.45, 7) is 4.81. The van der Waals surface area contributed by atoms with Crippen molar-refractivity contribution in [3.8, 4) is 5.75 Å². The molecule has 0 saturated carbocycles. The van der Waals surface area contributed by atoms with Gasteiger partial charge in [0, 0.05) is 0 Å². The smallest absolute Gasteiger partial charge is 0.133 e. The minimum atomic E-state index is 0.602. The first-order chi connectivity index (χ1) is 8.15. The van der Waals surface area contributed by atoms with E-state index in [0.29, 0.717) is 6.61 Å². The molecule has 0 aliphatic heterocycles.